The van der Waals surface area contributed by atoms with Crippen molar-refractivity contribution in [2.24, 2.45) is 0 Å². The maximum absolute atomic E-state index is 10.7. The molecule has 0 aliphatic carbocycles. The fraction of sp³-hybridized carbons (Fsp3) is 0.222. The molecule has 0 aliphatic heterocycles. The van der Waals surface area contributed by atoms with Crippen LogP contribution >= 0.6 is 15.9 Å². The molecule has 0 aromatic heterocycles. The monoisotopic (exact) mass is 244 g/mol. The Hall–Kier alpha value is -1.03. The summed E-state index contributed by atoms with van der Waals surface area (Å²) in [5, 5.41) is 9.41. The number of halogens is 1. The average Bonchev–Trinajstić information content (AvgIpc) is 2.10. The van der Waals surface area contributed by atoms with Crippen LogP contribution < -0.4 is 4.74 Å². The Balaban J connectivity index is 3.50. The van der Waals surface area contributed by atoms with Crippen LogP contribution in [0.3, 0.4) is 0 Å². The number of hydrogen-bond donors (Lipinski definition) is 1. The summed E-state index contributed by atoms with van der Waals surface area (Å²) < 4.78 is 5.59. The predicted octanol–water partition coefficient (Wildman–Crippen LogP) is 2.28. The molecule has 0 atom stereocenters. The van der Waals surface area contributed by atoms with E-state index >= 15 is 0 Å². The van der Waals surface area contributed by atoms with E-state index in [0.29, 0.717) is 16.3 Å². The number of aromatic hydroxyl groups is 1. The van der Waals surface area contributed by atoms with Crippen LogP contribution in [-0.2, 0) is 0 Å². The van der Waals surface area contributed by atoms with Gasteiger partial charge in [-0.3, -0.25) is 4.79 Å². The third kappa shape index (κ3) is 1.67. The summed E-state index contributed by atoms with van der Waals surface area (Å²) >= 11 is 3.23. The van der Waals surface area contributed by atoms with Gasteiger partial charge in [-0.2, -0.15) is 0 Å². The van der Waals surface area contributed by atoms with Crippen molar-refractivity contribution >= 4 is 22.2 Å². The fourth-order valence-electron chi connectivity index (χ4n) is 1.09. The minimum Gasteiger partial charge on any atom is -0.504 e. The number of carbonyl (C=O) groups is 1. The molecule has 3 nitrogen and oxygen atoms in total. The Morgan fingerprint density at radius 3 is 2.69 bits per heavy atom. The summed E-state index contributed by atoms with van der Waals surface area (Å²) in [7, 11) is 1.41. The lowest BCUT2D eigenvalue weighted by Crippen LogP contribution is -1.95. The predicted molar refractivity (Wildman–Crippen MR) is 52.5 cm³/mol. The van der Waals surface area contributed by atoms with Gasteiger partial charge in [-0.05, 0) is 18.6 Å². The standard InChI is InChI=1S/C9H9BrO3/c1-5-6(4-11)9(13-2)8(12)3-7(5)10/h3-4,12H,1-2H3. The van der Waals surface area contributed by atoms with E-state index in [9.17, 15) is 9.90 Å². The second-order valence-electron chi connectivity index (χ2n) is 2.57. The molecule has 70 valence electrons. The summed E-state index contributed by atoms with van der Waals surface area (Å²) in [6.45, 7) is 1.77. The van der Waals surface area contributed by atoms with E-state index in [1.54, 1.807) is 6.92 Å². The minimum absolute atomic E-state index is 0.0397. The summed E-state index contributed by atoms with van der Waals surface area (Å²) in [6, 6.07) is 1.50. The van der Waals surface area contributed by atoms with Gasteiger partial charge in [0.15, 0.2) is 17.8 Å². The van der Waals surface area contributed by atoms with E-state index in [1.165, 1.54) is 13.2 Å². The molecule has 0 bridgehead atoms. The van der Waals surface area contributed by atoms with E-state index in [0.717, 1.165) is 5.56 Å². The van der Waals surface area contributed by atoms with E-state index < -0.39 is 0 Å². The first-order chi connectivity index (χ1) is 6.11. The lowest BCUT2D eigenvalue weighted by atomic mass is 10.1. The topological polar surface area (TPSA) is 46.5 Å². The molecule has 0 amide bonds. The summed E-state index contributed by atoms with van der Waals surface area (Å²) in [5.41, 5.74) is 1.12. The molecule has 0 saturated carbocycles. The number of aldehydes is 1. The SMILES string of the molecule is COc1c(O)cc(Br)c(C)c1C=O. The molecule has 0 saturated heterocycles. The van der Waals surface area contributed by atoms with Crippen molar-refractivity contribution in [1.29, 1.82) is 0 Å². The Bertz CT molecular complexity index is 347. The van der Waals surface area contributed by atoms with Gasteiger partial charge in [0, 0.05) is 4.47 Å². The van der Waals surface area contributed by atoms with Crippen LogP contribution in [0.5, 0.6) is 11.5 Å². The Morgan fingerprint density at radius 1 is 1.62 bits per heavy atom. The molecular formula is C9H9BrO3. The van der Waals surface area contributed by atoms with Crippen LogP contribution in [0.4, 0.5) is 0 Å². The third-order valence-electron chi connectivity index (χ3n) is 1.82. The molecule has 0 unspecified atom stereocenters. The van der Waals surface area contributed by atoms with Gasteiger partial charge in [0.2, 0.25) is 0 Å². The van der Waals surface area contributed by atoms with Gasteiger partial charge in [-0.1, -0.05) is 15.9 Å². The smallest absolute Gasteiger partial charge is 0.171 e. The van der Waals surface area contributed by atoms with Crippen molar-refractivity contribution in [2.45, 2.75) is 6.92 Å². The highest BCUT2D eigenvalue weighted by Gasteiger charge is 2.13. The number of rotatable bonds is 2. The highest BCUT2D eigenvalue weighted by atomic mass is 79.9. The molecule has 1 rings (SSSR count). The number of carbonyl (C=O) groups excluding carboxylic acids is 1. The highest BCUT2D eigenvalue weighted by Crippen LogP contribution is 2.35. The first kappa shape index (κ1) is 10.1. The summed E-state index contributed by atoms with van der Waals surface area (Å²) in [6.07, 6.45) is 0.665. The van der Waals surface area contributed by atoms with Gasteiger partial charge >= 0.3 is 0 Å². The second kappa shape index (κ2) is 3.79. The highest BCUT2D eigenvalue weighted by molar-refractivity contribution is 9.10. The van der Waals surface area contributed by atoms with Crippen LogP contribution in [0.25, 0.3) is 0 Å². The van der Waals surface area contributed by atoms with Crippen LogP contribution in [0.2, 0.25) is 0 Å². The Morgan fingerprint density at radius 2 is 2.23 bits per heavy atom. The maximum atomic E-state index is 10.7. The van der Waals surface area contributed by atoms with Crippen LogP contribution in [-0.4, -0.2) is 18.5 Å². The van der Waals surface area contributed by atoms with Gasteiger partial charge < -0.3 is 9.84 Å². The summed E-state index contributed by atoms with van der Waals surface area (Å²) in [5.74, 6) is 0.178. The van der Waals surface area contributed by atoms with Crippen molar-refractivity contribution in [3.8, 4) is 11.5 Å². The molecule has 0 fully saturated rings. The molecule has 0 aliphatic rings. The molecule has 0 radical (unpaired) electrons. The van der Waals surface area contributed by atoms with Crippen molar-refractivity contribution in [2.75, 3.05) is 7.11 Å². The van der Waals surface area contributed by atoms with Crippen LogP contribution in [0.1, 0.15) is 15.9 Å². The van der Waals surface area contributed by atoms with Gasteiger partial charge in [-0.15, -0.1) is 0 Å². The molecule has 1 aromatic carbocycles. The molecule has 1 N–H and O–H groups in total. The van der Waals surface area contributed by atoms with E-state index in [-0.39, 0.29) is 11.5 Å². The molecule has 0 spiro atoms. The van der Waals surface area contributed by atoms with Gasteiger partial charge in [0.25, 0.3) is 0 Å². The number of ether oxygens (including phenoxy) is 1. The number of phenolic OH excluding ortho intramolecular Hbond substituents is 1. The first-order valence-corrected chi connectivity index (χ1v) is 4.42. The molecule has 4 heteroatoms. The maximum Gasteiger partial charge on any atom is 0.171 e. The largest absolute Gasteiger partial charge is 0.504 e. The number of hydrogen-bond acceptors (Lipinski definition) is 3. The van der Waals surface area contributed by atoms with Gasteiger partial charge in [0.1, 0.15) is 0 Å². The van der Waals surface area contributed by atoms with Gasteiger partial charge in [0.05, 0.1) is 12.7 Å². The Labute approximate surface area is 84.5 Å². The zero-order chi connectivity index (χ0) is 10.0. The molecule has 0 heterocycles. The van der Waals surface area contributed by atoms with Crippen molar-refractivity contribution in [3.63, 3.8) is 0 Å². The van der Waals surface area contributed by atoms with E-state index in [2.05, 4.69) is 15.9 Å². The van der Waals surface area contributed by atoms with Crippen molar-refractivity contribution < 1.29 is 14.6 Å². The second-order valence-corrected chi connectivity index (χ2v) is 3.42. The van der Waals surface area contributed by atoms with Gasteiger partial charge in [-0.25, -0.2) is 0 Å². The minimum atomic E-state index is -0.0397. The van der Waals surface area contributed by atoms with Crippen LogP contribution in [0, 0.1) is 6.92 Å². The lowest BCUT2D eigenvalue weighted by molar-refractivity contribution is 0.111. The fourth-order valence-corrected chi connectivity index (χ4v) is 1.52. The Kier molecular flexibility index (Phi) is 2.93. The van der Waals surface area contributed by atoms with E-state index in [4.69, 9.17) is 4.74 Å². The van der Waals surface area contributed by atoms with E-state index in [1.807, 2.05) is 0 Å². The number of phenols is 1. The van der Waals surface area contributed by atoms with Crippen molar-refractivity contribution in [3.05, 3.63) is 21.7 Å². The molecule has 13 heavy (non-hydrogen) atoms. The lowest BCUT2D eigenvalue weighted by Gasteiger charge is -2.09. The quantitative estimate of drug-likeness (QED) is 0.813. The average molecular weight is 245 g/mol. The molecular weight excluding hydrogens is 236 g/mol. The summed E-state index contributed by atoms with van der Waals surface area (Å²) in [4.78, 5) is 10.7. The zero-order valence-corrected chi connectivity index (χ0v) is 8.88. The third-order valence-corrected chi connectivity index (χ3v) is 2.65. The van der Waals surface area contributed by atoms with Crippen LogP contribution in [0.15, 0.2) is 10.5 Å². The molecule has 1 aromatic rings. The normalized spacial score (nSPS) is 9.77. The zero-order valence-electron chi connectivity index (χ0n) is 7.30. The number of methoxy groups -OCH3 is 1. The van der Waals surface area contributed by atoms with Crippen molar-refractivity contribution in [1.82, 2.24) is 0 Å². The number of benzene rings is 1. The first-order valence-electron chi connectivity index (χ1n) is 3.63.